The maximum absolute atomic E-state index is 10.3. The molecule has 0 aliphatic heterocycles. The van der Waals surface area contributed by atoms with Crippen LogP contribution in [0.4, 0.5) is 0 Å². The molecule has 0 aromatic heterocycles. The maximum atomic E-state index is 10.3. The van der Waals surface area contributed by atoms with Crippen LogP contribution in [0.15, 0.2) is 23.8 Å². The molecule has 0 aromatic carbocycles. The third-order valence-corrected chi connectivity index (χ3v) is 2.97. The van der Waals surface area contributed by atoms with Crippen LogP contribution < -0.4 is 0 Å². The van der Waals surface area contributed by atoms with Gasteiger partial charge in [0, 0.05) is 5.92 Å². The number of allylic oxidation sites excluding steroid dienone is 4. The van der Waals surface area contributed by atoms with Gasteiger partial charge in [-0.3, -0.25) is 4.79 Å². The predicted molar refractivity (Wildman–Crippen MR) is 55.5 cm³/mol. The van der Waals surface area contributed by atoms with E-state index in [4.69, 9.17) is 0 Å². The third kappa shape index (κ3) is 2.30. The largest absolute Gasteiger partial charge is 0.299 e. The van der Waals surface area contributed by atoms with Gasteiger partial charge in [-0.15, -0.1) is 0 Å². The molecule has 0 amide bonds. The smallest absolute Gasteiger partial charge is 0.142 e. The lowest BCUT2D eigenvalue weighted by Gasteiger charge is -2.36. The normalized spacial score (nSPS) is 27.3. The van der Waals surface area contributed by atoms with E-state index >= 15 is 0 Å². The lowest BCUT2D eigenvalue weighted by molar-refractivity contribution is -0.104. The lowest BCUT2D eigenvalue weighted by Crippen LogP contribution is -2.26. The van der Waals surface area contributed by atoms with Crippen molar-refractivity contribution in [1.82, 2.24) is 0 Å². The number of aldehydes is 1. The molecule has 0 saturated heterocycles. The molecule has 1 nitrogen and oxygen atoms in total. The Morgan fingerprint density at radius 2 is 2.23 bits per heavy atom. The summed E-state index contributed by atoms with van der Waals surface area (Å²) in [6.45, 7) is 6.69. The molecule has 72 valence electrons. The molecule has 0 N–H and O–H groups in total. The van der Waals surface area contributed by atoms with E-state index in [0.717, 1.165) is 6.29 Å². The number of carbonyl (C=O) groups excluding carboxylic acids is 1. The molecule has 1 aliphatic carbocycles. The quantitative estimate of drug-likeness (QED) is 0.361. The zero-order valence-corrected chi connectivity index (χ0v) is 8.71. The van der Waals surface area contributed by atoms with Crippen LogP contribution in [0.5, 0.6) is 0 Å². The van der Waals surface area contributed by atoms with E-state index in [0.29, 0.717) is 11.3 Å². The van der Waals surface area contributed by atoms with E-state index in [1.807, 2.05) is 6.08 Å². The van der Waals surface area contributed by atoms with Crippen molar-refractivity contribution in [2.45, 2.75) is 33.6 Å². The average molecular weight is 178 g/mol. The van der Waals surface area contributed by atoms with Crippen LogP contribution in [-0.4, -0.2) is 6.29 Å². The molecule has 0 aromatic rings. The Kier molecular flexibility index (Phi) is 3.07. The van der Waals surface area contributed by atoms with E-state index in [1.54, 1.807) is 6.08 Å². The van der Waals surface area contributed by atoms with Gasteiger partial charge in [0.2, 0.25) is 0 Å². The molecule has 1 rings (SSSR count). The van der Waals surface area contributed by atoms with Gasteiger partial charge < -0.3 is 0 Å². The molecule has 0 saturated carbocycles. The van der Waals surface area contributed by atoms with Crippen LogP contribution in [0.2, 0.25) is 0 Å². The Morgan fingerprint density at radius 1 is 1.54 bits per heavy atom. The summed E-state index contributed by atoms with van der Waals surface area (Å²) in [6.07, 6.45) is 9.17. The van der Waals surface area contributed by atoms with Gasteiger partial charge in [-0.25, -0.2) is 0 Å². The molecule has 1 aliphatic rings. The average Bonchev–Trinajstić information content (AvgIpc) is 2.02. The van der Waals surface area contributed by atoms with Gasteiger partial charge in [0.1, 0.15) is 6.29 Å². The van der Waals surface area contributed by atoms with Gasteiger partial charge in [-0.05, 0) is 31.3 Å². The minimum atomic E-state index is 0.304. The van der Waals surface area contributed by atoms with E-state index in [2.05, 4.69) is 26.8 Å². The van der Waals surface area contributed by atoms with Gasteiger partial charge in [-0.1, -0.05) is 31.6 Å². The van der Waals surface area contributed by atoms with Crippen molar-refractivity contribution >= 4 is 6.29 Å². The van der Waals surface area contributed by atoms with Crippen LogP contribution in [-0.2, 0) is 4.79 Å². The Hall–Kier alpha value is -0.850. The zero-order chi connectivity index (χ0) is 9.90. The highest BCUT2D eigenvalue weighted by molar-refractivity contribution is 5.64. The van der Waals surface area contributed by atoms with Crippen molar-refractivity contribution in [2.24, 2.45) is 11.3 Å². The first-order valence-corrected chi connectivity index (χ1v) is 4.86. The summed E-state index contributed by atoms with van der Waals surface area (Å²) < 4.78 is 0. The minimum Gasteiger partial charge on any atom is -0.299 e. The molecule has 0 spiro atoms. The molecule has 0 fully saturated rings. The van der Waals surface area contributed by atoms with Crippen molar-refractivity contribution < 1.29 is 4.79 Å². The summed E-state index contributed by atoms with van der Waals surface area (Å²) in [5.41, 5.74) is 1.70. The van der Waals surface area contributed by atoms with Crippen molar-refractivity contribution in [3.8, 4) is 0 Å². The number of rotatable bonds is 2. The topological polar surface area (TPSA) is 17.1 Å². The monoisotopic (exact) mass is 178 g/mol. The molecule has 13 heavy (non-hydrogen) atoms. The molecular formula is C12H18O. The Balaban J connectivity index is 2.87. The molecule has 0 heterocycles. The summed E-state index contributed by atoms with van der Waals surface area (Å²) in [4.78, 5) is 10.3. The first kappa shape index (κ1) is 10.2. The zero-order valence-electron chi connectivity index (χ0n) is 8.71. The third-order valence-electron chi connectivity index (χ3n) is 2.97. The van der Waals surface area contributed by atoms with Gasteiger partial charge in [0.15, 0.2) is 0 Å². The summed E-state index contributed by atoms with van der Waals surface area (Å²) in [5.74, 6) is 0.437. The van der Waals surface area contributed by atoms with Crippen LogP contribution in [0.25, 0.3) is 0 Å². The second-order valence-electron chi connectivity index (χ2n) is 4.47. The predicted octanol–water partition coefficient (Wildman–Crippen LogP) is 3.12. The van der Waals surface area contributed by atoms with Crippen molar-refractivity contribution in [1.29, 1.82) is 0 Å². The van der Waals surface area contributed by atoms with Crippen LogP contribution in [0, 0.1) is 11.3 Å². The fraction of sp³-hybridized carbons (Fsp3) is 0.583. The first-order valence-electron chi connectivity index (χ1n) is 4.86. The van der Waals surface area contributed by atoms with E-state index in [9.17, 15) is 4.79 Å². The SMILES string of the molecule is CC1=CCCC(C)(C)C1C=CC=O. The van der Waals surface area contributed by atoms with Crippen molar-refractivity contribution in [2.75, 3.05) is 0 Å². The summed E-state index contributed by atoms with van der Waals surface area (Å²) in [6, 6.07) is 0. The minimum absolute atomic E-state index is 0.304. The second-order valence-corrected chi connectivity index (χ2v) is 4.47. The van der Waals surface area contributed by atoms with Gasteiger partial charge in [0.25, 0.3) is 0 Å². The van der Waals surface area contributed by atoms with Gasteiger partial charge in [0.05, 0.1) is 0 Å². The van der Waals surface area contributed by atoms with Crippen LogP contribution in [0.3, 0.4) is 0 Å². The van der Waals surface area contributed by atoms with E-state index < -0.39 is 0 Å². The number of hydrogen-bond acceptors (Lipinski definition) is 1. The Labute approximate surface area is 80.5 Å². The Bertz CT molecular complexity index is 246. The van der Waals surface area contributed by atoms with Gasteiger partial charge in [-0.2, -0.15) is 0 Å². The molecule has 1 atom stereocenters. The molecule has 1 heteroatoms. The van der Waals surface area contributed by atoms with E-state index in [-0.39, 0.29) is 0 Å². The number of hydrogen-bond donors (Lipinski definition) is 0. The standard InChI is InChI=1S/C12H18O/c1-10-6-4-8-12(2,3)11(10)7-5-9-13/h5-7,9,11H,4,8H2,1-3H3. The summed E-state index contributed by atoms with van der Waals surface area (Å²) >= 11 is 0. The highest BCUT2D eigenvalue weighted by Gasteiger charge is 2.30. The maximum Gasteiger partial charge on any atom is 0.142 e. The Morgan fingerprint density at radius 3 is 2.77 bits per heavy atom. The number of carbonyl (C=O) groups is 1. The summed E-state index contributed by atoms with van der Waals surface area (Å²) in [7, 11) is 0. The highest BCUT2D eigenvalue weighted by Crippen LogP contribution is 2.41. The fourth-order valence-electron chi connectivity index (χ4n) is 2.14. The summed E-state index contributed by atoms with van der Waals surface area (Å²) in [5, 5.41) is 0. The van der Waals surface area contributed by atoms with Crippen LogP contribution in [0.1, 0.15) is 33.6 Å². The van der Waals surface area contributed by atoms with Crippen molar-refractivity contribution in [3.05, 3.63) is 23.8 Å². The second kappa shape index (κ2) is 3.91. The molecule has 0 radical (unpaired) electrons. The highest BCUT2D eigenvalue weighted by atomic mass is 16.1. The fourth-order valence-corrected chi connectivity index (χ4v) is 2.14. The molecule has 0 bridgehead atoms. The lowest BCUT2D eigenvalue weighted by atomic mass is 9.68. The van der Waals surface area contributed by atoms with Gasteiger partial charge >= 0.3 is 0 Å². The molecule has 1 unspecified atom stereocenters. The van der Waals surface area contributed by atoms with Crippen molar-refractivity contribution in [3.63, 3.8) is 0 Å². The first-order chi connectivity index (χ1) is 6.08. The van der Waals surface area contributed by atoms with Crippen LogP contribution >= 0.6 is 0 Å². The molecular weight excluding hydrogens is 160 g/mol. The van der Waals surface area contributed by atoms with E-state index in [1.165, 1.54) is 18.4 Å².